The zero-order valence-electron chi connectivity index (χ0n) is 22.2. The second-order valence-corrected chi connectivity index (χ2v) is 9.65. The number of carboxylic acid groups (broad SMARTS) is 1. The normalized spacial score (nSPS) is 10.8. The van der Waals surface area contributed by atoms with Crippen molar-refractivity contribution in [3.63, 3.8) is 0 Å². The number of aliphatic carboxylic acids is 1. The minimum absolute atomic E-state index is 0.160. The summed E-state index contributed by atoms with van der Waals surface area (Å²) in [6, 6.07) is 30.3. The first-order chi connectivity index (χ1) is 19.1. The van der Waals surface area contributed by atoms with E-state index in [1.165, 1.54) is 17.7 Å². The average molecular weight is 527 g/mol. The monoisotopic (exact) mass is 526 g/mol. The largest absolute Gasteiger partial charge is 0.493 e. The van der Waals surface area contributed by atoms with Gasteiger partial charge in [0.1, 0.15) is 23.9 Å². The summed E-state index contributed by atoms with van der Waals surface area (Å²) in [5.74, 6) is 0.334. The Kier molecular flexibility index (Phi) is 10.5. The number of unbranched alkanes of at least 4 members (excludes halogenated alkanes) is 3. The van der Waals surface area contributed by atoms with E-state index in [0.717, 1.165) is 54.4 Å². The first-order valence-electron chi connectivity index (χ1n) is 13.6. The maximum absolute atomic E-state index is 13.9. The van der Waals surface area contributed by atoms with E-state index in [-0.39, 0.29) is 12.2 Å². The summed E-state index contributed by atoms with van der Waals surface area (Å²) in [5, 5.41) is 8.98. The van der Waals surface area contributed by atoms with Crippen molar-refractivity contribution in [2.75, 3.05) is 6.61 Å². The molecule has 0 saturated carbocycles. The van der Waals surface area contributed by atoms with E-state index in [1.807, 2.05) is 72.8 Å². The van der Waals surface area contributed by atoms with Gasteiger partial charge in [0.25, 0.3) is 0 Å². The molecule has 0 aliphatic heterocycles. The van der Waals surface area contributed by atoms with Gasteiger partial charge in [-0.15, -0.1) is 0 Å². The van der Waals surface area contributed by atoms with Crippen LogP contribution in [0, 0.1) is 5.82 Å². The molecule has 0 atom stereocenters. The molecule has 39 heavy (non-hydrogen) atoms. The maximum Gasteiger partial charge on any atom is 0.303 e. The summed E-state index contributed by atoms with van der Waals surface area (Å²) in [7, 11) is 0. The van der Waals surface area contributed by atoms with Crippen LogP contribution in [0.25, 0.3) is 11.1 Å². The number of ether oxygens (including phenoxy) is 2. The number of hydrogen-bond acceptors (Lipinski definition) is 3. The van der Waals surface area contributed by atoms with Crippen LogP contribution >= 0.6 is 0 Å². The molecule has 0 unspecified atom stereocenters. The lowest BCUT2D eigenvalue weighted by molar-refractivity contribution is -0.136. The van der Waals surface area contributed by atoms with Gasteiger partial charge in [0, 0.05) is 12.5 Å². The van der Waals surface area contributed by atoms with Crippen molar-refractivity contribution in [2.45, 2.75) is 51.6 Å². The molecular weight excluding hydrogens is 491 g/mol. The Hall–Kier alpha value is -4.12. The molecule has 5 heteroatoms. The SMILES string of the molecule is O=C(O)CCc1ccccc1CCCCCCOc1cc(OCc2ccccc2)cc(-c2cccc(F)c2)c1. The van der Waals surface area contributed by atoms with E-state index in [0.29, 0.717) is 31.1 Å². The van der Waals surface area contributed by atoms with E-state index in [1.54, 1.807) is 6.07 Å². The Balaban J connectivity index is 1.29. The molecule has 0 saturated heterocycles. The highest BCUT2D eigenvalue weighted by atomic mass is 19.1. The first kappa shape index (κ1) is 27.9. The fraction of sp³-hybridized carbons (Fsp3) is 0.265. The van der Waals surface area contributed by atoms with Crippen molar-refractivity contribution in [1.82, 2.24) is 0 Å². The van der Waals surface area contributed by atoms with Crippen molar-refractivity contribution in [2.24, 2.45) is 0 Å². The van der Waals surface area contributed by atoms with Gasteiger partial charge in [-0.1, -0.05) is 79.6 Å². The van der Waals surface area contributed by atoms with Gasteiger partial charge in [-0.05, 0) is 77.8 Å². The van der Waals surface area contributed by atoms with Gasteiger partial charge < -0.3 is 14.6 Å². The van der Waals surface area contributed by atoms with Crippen molar-refractivity contribution < 1.29 is 23.8 Å². The lowest BCUT2D eigenvalue weighted by atomic mass is 9.98. The molecule has 0 amide bonds. The van der Waals surface area contributed by atoms with Crippen molar-refractivity contribution >= 4 is 5.97 Å². The quantitative estimate of drug-likeness (QED) is 0.158. The fourth-order valence-corrected chi connectivity index (χ4v) is 4.56. The molecule has 0 aliphatic carbocycles. The second kappa shape index (κ2) is 14.7. The predicted molar refractivity (Wildman–Crippen MR) is 153 cm³/mol. The highest BCUT2D eigenvalue weighted by Crippen LogP contribution is 2.31. The smallest absolute Gasteiger partial charge is 0.303 e. The lowest BCUT2D eigenvalue weighted by Crippen LogP contribution is -2.01. The molecule has 202 valence electrons. The Morgan fingerprint density at radius 3 is 2.10 bits per heavy atom. The third-order valence-electron chi connectivity index (χ3n) is 6.62. The lowest BCUT2D eigenvalue weighted by Gasteiger charge is -2.13. The molecule has 0 aromatic heterocycles. The summed E-state index contributed by atoms with van der Waals surface area (Å²) in [4.78, 5) is 10.9. The molecule has 0 radical (unpaired) electrons. The van der Waals surface area contributed by atoms with E-state index in [4.69, 9.17) is 14.6 Å². The number of benzene rings is 4. The second-order valence-electron chi connectivity index (χ2n) is 9.65. The summed E-state index contributed by atoms with van der Waals surface area (Å²) in [6.07, 6.45) is 5.78. The molecular formula is C34H35FO4. The standard InChI is InChI=1S/C34H35FO4/c35-31-17-10-16-29(21-31)30-22-32(24-33(23-30)39-25-26-11-4-3-5-12-26)38-20-9-2-1-6-13-27-14-7-8-15-28(27)18-19-34(36)37/h3-5,7-8,10-12,14-17,21-24H,1-2,6,9,13,18-20,25H2,(H,36,37). The molecule has 0 spiro atoms. The molecule has 0 heterocycles. The number of carbonyl (C=O) groups is 1. The molecule has 4 nitrogen and oxygen atoms in total. The molecule has 0 fully saturated rings. The van der Waals surface area contributed by atoms with Crippen LogP contribution in [0.4, 0.5) is 4.39 Å². The summed E-state index contributed by atoms with van der Waals surface area (Å²) < 4.78 is 26.0. The molecule has 4 rings (SSSR count). The van der Waals surface area contributed by atoms with Crippen LogP contribution in [0.2, 0.25) is 0 Å². The van der Waals surface area contributed by atoms with Gasteiger partial charge in [0.2, 0.25) is 0 Å². The van der Waals surface area contributed by atoms with Crippen LogP contribution in [0.5, 0.6) is 11.5 Å². The summed E-state index contributed by atoms with van der Waals surface area (Å²) in [6.45, 7) is 1.02. The third kappa shape index (κ3) is 9.29. The Labute approximate surface area is 230 Å². The first-order valence-corrected chi connectivity index (χ1v) is 13.6. The summed E-state index contributed by atoms with van der Waals surface area (Å²) in [5.41, 5.74) is 5.06. The van der Waals surface area contributed by atoms with E-state index in [9.17, 15) is 9.18 Å². The number of aryl methyl sites for hydroxylation is 2. The van der Waals surface area contributed by atoms with Gasteiger partial charge in [-0.25, -0.2) is 4.39 Å². The molecule has 0 bridgehead atoms. The van der Waals surface area contributed by atoms with E-state index in [2.05, 4.69) is 6.07 Å². The van der Waals surface area contributed by atoms with Crippen LogP contribution in [0.3, 0.4) is 0 Å². The van der Waals surface area contributed by atoms with Crippen LogP contribution in [0.1, 0.15) is 48.8 Å². The topological polar surface area (TPSA) is 55.8 Å². The van der Waals surface area contributed by atoms with Gasteiger partial charge in [-0.2, -0.15) is 0 Å². The molecule has 4 aromatic carbocycles. The molecule has 1 N–H and O–H groups in total. The number of rotatable bonds is 15. The minimum Gasteiger partial charge on any atom is -0.493 e. The fourth-order valence-electron chi connectivity index (χ4n) is 4.56. The van der Waals surface area contributed by atoms with Crippen LogP contribution in [-0.4, -0.2) is 17.7 Å². The summed E-state index contributed by atoms with van der Waals surface area (Å²) >= 11 is 0. The number of halogens is 1. The Bertz CT molecular complexity index is 1340. The number of carboxylic acids is 1. The van der Waals surface area contributed by atoms with E-state index >= 15 is 0 Å². The zero-order chi connectivity index (χ0) is 27.3. The highest BCUT2D eigenvalue weighted by Gasteiger charge is 2.08. The highest BCUT2D eigenvalue weighted by molar-refractivity contribution is 5.67. The van der Waals surface area contributed by atoms with E-state index < -0.39 is 5.97 Å². The van der Waals surface area contributed by atoms with Gasteiger partial charge in [0.05, 0.1) is 6.61 Å². The zero-order valence-corrected chi connectivity index (χ0v) is 22.2. The Morgan fingerprint density at radius 1 is 0.667 bits per heavy atom. The van der Waals surface area contributed by atoms with Crippen molar-refractivity contribution in [1.29, 1.82) is 0 Å². The van der Waals surface area contributed by atoms with Crippen molar-refractivity contribution in [3.05, 3.63) is 120 Å². The predicted octanol–water partition coefficient (Wildman–Crippen LogP) is 8.27. The van der Waals surface area contributed by atoms with Crippen LogP contribution < -0.4 is 9.47 Å². The average Bonchev–Trinajstić information content (AvgIpc) is 2.95. The van der Waals surface area contributed by atoms with Gasteiger partial charge >= 0.3 is 5.97 Å². The maximum atomic E-state index is 13.9. The Morgan fingerprint density at radius 2 is 1.36 bits per heavy atom. The molecule has 4 aromatic rings. The third-order valence-corrected chi connectivity index (χ3v) is 6.62. The van der Waals surface area contributed by atoms with Crippen molar-refractivity contribution in [3.8, 4) is 22.6 Å². The van der Waals surface area contributed by atoms with Crippen LogP contribution in [0.15, 0.2) is 97.1 Å². The van der Waals surface area contributed by atoms with Gasteiger partial charge in [0.15, 0.2) is 0 Å². The minimum atomic E-state index is -0.763. The van der Waals surface area contributed by atoms with Crippen LogP contribution in [-0.2, 0) is 24.2 Å². The number of hydrogen-bond donors (Lipinski definition) is 1. The molecule has 0 aliphatic rings. The van der Waals surface area contributed by atoms with Gasteiger partial charge in [-0.3, -0.25) is 4.79 Å².